The molecule has 6 fully saturated rings. The number of rotatable bonds is 4. The number of nitrogens with two attached hydrogens (primary N) is 1. The van der Waals surface area contributed by atoms with E-state index in [1.165, 1.54) is 26.0 Å². The summed E-state index contributed by atoms with van der Waals surface area (Å²) >= 11 is 5.68. The van der Waals surface area contributed by atoms with E-state index >= 15 is 0 Å². The summed E-state index contributed by atoms with van der Waals surface area (Å²) in [5.41, 5.74) is -3.69. The molecule has 0 aromatic heterocycles. The van der Waals surface area contributed by atoms with Crippen molar-refractivity contribution in [1.29, 1.82) is 10.5 Å². The first kappa shape index (κ1) is 40.8. The van der Waals surface area contributed by atoms with Gasteiger partial charge in [-0.25, -0.2) is 9.80 Å². The summed E-state index contributed by atoms with van der Waals surface area (Å²) in [7, 11) is 0. The number of primary amides is 1. The van der Waals surface area contributed by atoms with Crippen molar-refractivity contribution in [2.24, 2.45) is 41.2 Å². The van der Waals surface area contributed by atoms with Crippen LogP contribution in [0.4, 0.5) is 37.7 Å². The Morgan fingerprint density at radius 1 is 0.690 bits per heavy atom. The molecule has 2 aromatic carbocycles. The second kappa shape index (κ2) is 12.6. The van der Waals surface area contributed by atoms with Crippen molar-refractivity contribution < 1.29 is 64.6 Å². The zero-order valence-corrected chi connectivity index (χ0v) is 31.4. The van der Waals surface area contributed by atoms with Crippen LogP contribution in [0.2, 0.25) is 0 Å². The second-order valence-corrected chi connectivity index (χ2v) is 16.4. The fourth-order valence-corrected chi connectivity index (χ4v) is 10.6. The molecule has 6 saturated heterocycles. The smallest absolute Gasteiger partial charge is 0.369 e. The molecular weight excluding hydrogens is 804 g/mol. The van der Waals surface area contributed by atoms with Gasteiger partial charge in [-0.05, 0) is 88.5 Å². The maximum Gasteiger partial charge on any atom is 0.417 e. The Morgan fingerprint density at radius 3 is 1.36 bits per heavy atom. The van der Waals surface area contributed by atoms with Gasteiger partial charge < -0.3 is 15.2 Å². The molecule has 20 heteroatoms. The monoisotopic (exact) mass is 833 g/mol. The number of benzene rings is 2. The number of carbonyl (C=O) groups excluding carboxylic acids is 6. The maximum atomic E-state index is 13.3. The molecule has 10 atom stereocenters. The van der Waals surface area contributed by atoms with Crippen LogP contribution in [0.5, 0.6) is 0 Å². The minimum atomic E-state index is -4.83. The van der Waals surface area contributed by atoms with Crippen molar-refractivity contribution in [3.63, 3.8) is 0 Å². The van der Waals surface area contributed by atoms with Crippen LogP contribution < -0.4 is 15.5 Å². The lowest BCUT2D eigenvalue weighted by Gasteiger charge is -2.33. The Hall–Kier alpha value is -5.37. The van der Waals surface area contributed by atoms with Crippen molar-refractivity contribution in [3.8, 4) is 12.1 Å². The van der Waals surface area contributed by atoms with Crippen LogP contribution in [0.3, 0.4) is 0 Å². The van der Waals surface area contributed by atoms with Crippen LogP contribution in [0.1, 0.15) is 62.8 Å². The normalized spacial score (nSPS) is 35.7. The molecule has 6 aliphatic heterocycles. The number of anilines is 2. The molecule has 8 rings (SSSR count). The predicted molar refractivity (Wildman–Crippen MR) is 183 cm³/mol. The SMILES string of the molecule is CC12C[C@H](C(=O)Cl)C(C)(O1)[C@H]1C(=O)N(c3ccc(C#N)c(C(F)(F)F)c3)C(=O)[C@H]12.CC12C[C@H](C(N)=O)C(C)(O1)[C@H]1C(=O)N(c3ccc(C#N)c(C(F)(F)F)c3)C(=O)[C@H]12. The number of ether oxygens (including phenoxy) is 2. The number of hydrogen-bond donors (Lipinski definition) is 1. The number of halogens is 7. The molecular formula is C38H30ClF6N5O8. The van der Waals surface area contributed by atoms with Crippen LogP contribution in [0, 0.1) is 58.2 Å². The lowest BCUT2D eigenvalue weighted by atomic mass is 9.63. The summed E-state index contributed by atoms with van der Waals surface area (Å²) in [6.45, 7) is 6.27. The highest BCUT2D eigenvalue weighted by Crippen LogP contribution is 2.65. The second-order valence-electron chi connectivity index (χ2n) is 16.0. The number of nitrogens with zero attached hydrogens (tertiary/aromatic N) is 4. The summed E-state index contributed by atoms with van der Waals surface area (Å²) in [5.74, 6) is -9.05. The van der Waals surface area contributed by atoms with Crippen molar-refractivity contribution >= 4 is 57.8 Å². The van der Waals surface area contributed by atoms with Crippen molar-refractivity contribution in [2.75, 3.05) is 9.80 Å². The topological polar surface area (TPSA) is 201 Å². The fraction of sp³-hybridized carbons (Fsp3) is 0.474. The van der Waals surface area contributed by atoms with E-state index in [2.05, 4.69) is 0 Å². The number of fused-ring (bicyclic) bond motifs is 10. The average Bonchev–Trinajstić information content (AvgIpc) is 3.88. The zero-order chi connectivity index (χ0) is 43.0. The molecule has 4 unspecified atom stereocenters. The molecule has 58 heavy (non-hydrogen) atoms. The molecule has 0 aliphatic carbocycles. The largest absolute Gasteiger partial charge is 0.417 e. The average molecular weight is 834 g/mol. The van der Waals surface area contributed by atoms with Gasteiger partial charge in [-0.15, -0.1) is 0 Å². The van der Waals surface area contributed by atoms with Gasteiger partial charge in [-0.3, -0.25) is 28.8 Å². The highest BCUT2D eigenvalue weighted by molar-refractivity contribution is 6.64. The molecule has 0 spiro atoms. The highest BCUT2D eigenvalue weighted by atomic mass is 35.5. The molecule has 4 bridgehead atoms. The van der Waals surface area contributed by atoms with Crippen molar-refractivity contribution in [2.45, 2.75) is 75.3 Å². The number of carbonyl (C=O) groups is 6. The summed E-state index contributed by atoms with van der Waals surface area (Å²) in [5, 5.41) is 17.2. The Morgan fingerprint density at radius 2 is 1.03 bits per heavy atom. The molecule has 5 amide bonds. The van der Waals surface area contributed by atoms with E-state index in [0.29, 0.717) is 21.9 Å². The van der Waals surface area contributed by atoms with Crippen LogP contribution in [0.25, 0.3) is 0 Å². The first-order valence-corrected chi connectivity index (χ1v) is 18.0. The highest BCUT2D eigenvalue weighted by Gasteiger charge is 2.78. The van der Waals surface area contributed by atoms with Gasteiger partial charge >= 0.3 is 12.4 Å². The summed E-state index contributed by atoms with van der Waals surface area (Å²) in [4.78, 5) is 77.6. The van der Waals surface area contributed by atoms with E-state index in [9.17, 15) is 55.1 Å². The third-order valence-corrected chi connectivity index (χ3v) is 12.9. The van der Waals surface area contributed by atoms with E-state index in [4.69, 9.17) is 37.3 Å². The number of nitriles is 2. The zero-order valence-electron chi connectivity index (χ0n) is 30.6. The minimum Gasteiger partial charge on any atom is -0.369 e. The van der Waals surface area contributed by atoms with E-state index in [0.717, 1.165) is 24.3 Å². The molecule has 6 aliphatic rings. The van der Waals surface area contributed by atoms with E-state index in [-0.39, 0.29) is 24.2 Å². The third-order valence-electron chi connectivity index (χ3n) is 12.7. The van der Waals surface area contributed by atoms with Gasteiger partial charge in [0.05, 0.1) is 104 Å². The Labute approximate surface area is 329 Å². The molecule has 0 radical (unpaired) electrons. The predicted octanol–water partition coefficient (Wildman–Crippen LogP) is 4.75. The van der Waals surface area contributed by atoms with Gasteiger partial charge in [-0.2, -0.15) is 36.9 Å². The Kier molecular flexibility index (Phi) is 8.84. The molecule has 304 valence electrons. The third kappa shape index (κ3) is 5.50. The first-order valence-electron chi connectivity index (χ1n) is 17.6. The summed E-state index contributed by atoms with van der Waals surface area (Å²) < 4.78 is 91.7. The Bertz CT molecular complexity index is 2200. The van der Waals surface area contributed by atoms with E-state index in [1.54, 1.807) is 13.8 Å². The summed E-state index contributed by atoms with van der Waals surface area (Å²) in [6, 6.07) is 8.25. The summed E-state index contributed by atoms with van der Waals surface area (Å²) in [6.07, 6.45) is -9.38. The van der Waals surface area contributed by atoms with Gasteiger partial charge in [0, 0.05) is 0 Å². The van der Waals surface area contributed by atoms with Gasteiger partial charge in [0.1, 0.15) is 0 Å². The number of alkyl halides is 6. The van der Waals surface area contributed by atoms with Crippen LogP contribution in [-0.4, -0.2) is 57.2 Å². The molecule has 6 heterocycles. The lowest BCUT2D eigenvalue weighted by molar-refractivity contribution is -0.138. The van der Waals surface area contributed by atoms with Crippen molar-refractivity contribution in [3.05, 3.63) is 58.7 Å². The van der Waals surface area contributed by atoms with Crippen LogP contribution in [-0.2, 0) is 50.6 Å². The molecule has 2 N–H and O–H groups in total. The number of hydrogen-bond acceptors (Lipinski definition) is 10. The standard InChI is InChI=1S/C19H14ClF3N2O4.C19H16F3N3O4/c1-17-6-11(14(20)26)18(2,29-17)13-12(17)15(27)25(16(13)28)9-4-3-8(7-24)10(5-9)19(21,22)23;1-17-6-11(14(24)26)18(2,29-17)13-12(17)15(27)25(16(13)28)9-4-3-8(7-23)10(5-9)19(20,21)22/h3-5,11-13H,6H2,1-2H3;3-5,11-13H,6H2,1-2H3,(H2,24,26)/t2*11-,12+,13-,17?,18?/m11/s1. The number of imide groups is 2. The maximum absolute atomic E-state index is 13.3. The number of amides is 5. The first-order chi connectivity index (χ1) is 26.7. The minimum absolute atomic E-state index is 0.140. The van der Waals surface area contributed by atoms with Gasteiger partial charge in [-0.1, -0.05) is 0 Å². The quantitative estimate of drug-likeness (QED) is 0.255. The van der Waals surface area contributed by atoms with Crippen LogP contribution >= 0.6 is 11.6 Å². The van der Waals surface area contributed by atoms with Gasteiger partial charge in [0.15, 0.2) is 0 Å². The van der Waals surface area contributed by atoms with E-state index < -0.39 is 127 Å². The van der Waals surface area contributed by atoms with Crippen molar-refractivity contribution in [1.82, 2.24) is 0 Å². The Balaban J connectivity index is 0.000000177. The molecule has 2 aromatic rings. The van der Waals surface area contributed by atoms with Crippen LogP contribution in [0.15, 0.2) is 36.4 Å². The molecule has 0 saturated carbocycles. The van der Waals surface area contributed by atoms with Gasteiger partial charge in [0.25, 0.3) is 0 Å². The fourth-order valence-electron chi connectivity index (χ4n) is 10.3. The lowest BCUT2D eigenvalue weighted by Crippen LogP contribution is -2.50. The molecule has 13 nitrogen and oxygen atoms in total. The van der Waals surface area contributed by atoms with Gasteiger partial charge in [0.2, 0.25) is 34.8 Å². The van der Waals surface area contributed by atoms with E-state index in [1.807, 2.05) is 0 Å².